The van der Waals surface area contributed by atoms with Crippen molar-refractivity contribution in [2.24, 2.45) is 10.7 Å². The summed E-state index contributed by atoms with van der Waals surface area (Å²) in [5.41, 5.74) is 7.42. The van der Waals surface area contributed by atoms with Crippen LogP contribution in [0.15, 0.2) is 35.2 Å². The third-order valence-corrected chi connectivity index (χ3v) is 2.60. The van der Waals surface area contributed by atoms with Crippen LogP contribution >= 0.6 is 0 Å². The van der Waals surface area contributed by atoms with Crippen LogP contribution in [0.2, 0.25) is 0 Å². The van der Waals surface area contributed by atoms with Crippen LogP contribution in [0.5, 0.6) is 5.75 Å². The molecule has 0 unspecified atom stereocenters. The molecule has 5 nitrogen and oxygen atoms in total. The summed E-state index contributed by atoms with van der Waals surface area (Å²) in [5, 5.41) is 0. The maximum atomic E-state index is 11.1. The Labute approximate surface area is 91.8 Å². The number of allylic oxidation sites excluding steroid dienone is 1. The highest BCUT2D eigenvalue weighted by Gasteiger charge is 2.23. The molecule has 0 bridgehead atoms. The van der Waals surface area contributed by atoms with Gasteiger partial charge >= 0.3 is 0 Å². The lowest BCUT2D eigenvalue weighted by Gasteiger charge is -2.25. The van der Waals surface area contributed by atoms with Crippen molar-refractivity contribution in [3.63, 3.8) is 0 Å². The number of carbonyl (C=O) groups is 1. The van der Waals surface area contributed by atoms with Gasteiger partial charge in [0.25, 0.3) is 0 Å². The molecule has 1 amide bonds. The van der Waals surface area contributed by atoms with Crippen molar-refractivity contribution in [1.29, 1.82) is 0 Å². The molecule has 2 N–H and O–H groups in total. The lowest BCUT2D eigenvalue weighted by Crippen LogP contribution is -2.23. The number of primary amides is 1. The summed E-state index contributed by atoms with van der Waals surface area (Å²) >= 11 is 0. The number of hydrogen-bond donors (Lipinski definition) is 1. The maximum absolute atomic E-state index is 11.1. The molecule has 3 rings (SSSR count). The van der Waals surface area contributed by atoms with E-state index >= 15 is 0 Å². The van der Waals surface area contributed by atoms with Crippen molar-refractivity contribution < 1.29 is 9.53 Å². The first-order valence-electron chi connectivity index (χ1n) is 4.84. The Kier molecular flexibility index (Phi) is 1.73. The monoisotopic (exact) mass is 215 g/mol. The van der Waals surface area contributed by atoms with Gasteiger partial charge in [-0.25, -0.2) is 0 Å². The van der Waals surface area contributed by atoms with Gasteiger partial charge in [-0.1, -0.05) is 0 Å². The lowest BCUT2D eigenvalue weighted by molar-refractivity contribution is 0.100. The number of rotatable bonds is 1. The smallest absolute Gasteiger partial charge is 0.248 e. The van der Waals surface area contributed by atoms with E-state index in [0.717, 1.165) is 11.4 Å². The van der Waals surface area contributed by atoms with Crippen molar-refractivity contribution >= 4 is 17.8 Å². The fourth-order valence-corrected chi connectivity index (χ4v) is 1.78. The van der Waals surface area contributed by atoms with Crippen molar-refractivity contribution in [1.82, 2.24) is 0 Å². The average molecular weight is 215 g/mol. The molecule has 0 aliphatic carbocycles. The van der Waals surface area contributed by atoms with Crippen molar-refractivity contribution in [3.8, 4) is 5.75 Å². The summed E-state index contributed by atoms with van der Waals surface area (Å²) < 4.78 is 5.43. The molecule has 0 saturated carbocycles. The van der Waals surface area contributed by atoms with Gasteiger partial charge in [0.2, 0.25) is 5.91 Å². The molecule has 0 spiro atoms. The minimum atomic E-state index is -0.445. The molecule has 2 heterocycles. The Morgan fingerprint density at radius 1 is 1.50 bits per heavy atom. The molecule has 80 valence electrons. The predicted octanol–water partition coefficient (Wildman–Crippen LogP) is 0.868. The molecule has 1 aromatic carbocycles. The van der Waals surface area contributed by atoms with Gasteiger partial charge in [0.15, 0.2) is 0 Å². The topological polar surface area (TPSA) is 67.9 Å². The predicted molar refractivity (Wildman–Crippen MR) is 59.5 cm³/mol. The van der Waals surface area contributed by atoms with Crippen molar-refractivity contribution in [3.05, 3.63) is 35.7 Å². The summed E-state index contributed by atoms with van der Waals surface area (Å²) in [6.45, 7) is 0.546. The summed E-state index contributed by atoms with van der Waals surface area (Å²) in [6.07, 6.45) is 3.38. The minimum absolute atomic E-state index is 0.445. The van der Waals surface area contributed by atoms with E-state index in [1.165, 1.54) is 0 Å². The molecule has 0 fully saturated rings. The zero-order valence-corrected chi connectivity index (χ0v) is 8.38. The van der Waals surface area contributed by atoms with Gasteiger partial charge < -0.3 is 15.4 Å². The van der Waals surface area contributed by atoms with E-state index in [-0.39, 0.29) is 0 Å². The summed E-state index contributed by atoms with van der Waals surface area (Å²) in [6, 6.07) is 5.11. The number of fused-ring (bicyclic) bond motifs is 3. The van der Waals surface area contributed by atoms with E-state index in [1.54, 1.807) is 30.7 Å². The average Bonchev–Trinajstić information content (AvgIpc) is 2.76. The van der Waals surface area contributed by atoms with Crippen LogP contribution in [0.25, 0.3) is 0 Å². The number of benzene rings is 1. The Hall–Kier alpha value is -2.30. The van der Waals surface area contributed by atoms with E-state index < -0.39 is 5.91 Å². The van der Waals surface area contributed by atoms with E-state index in [4.69, 9.17) is 10.5 Å². The Morgan fingerprint density at radius 2 is 2.38 bits per heavy atom. The lowest BCUT2D eigenvalue weighted by atomic mass is 10.1. The van der Waals surface area contributed by atoms with E-state index in [2.05, 4.69) is 4.99 Å². The quantitative estimate of drug-likeness (QED) is 0.755. The fourth-order valence-electron chi connectivity index (χ4n) is 1.78. The number of nitrogens with zero attached hydrogens (tertiary/aromatic N) is 2. The van der Waals surface area contributed by atoms with Gasteiger partial charge in [-0.15, -0.1) is 0 Å². The standard InChI is InChI=1S/C11H9N3O2/c12-11(15)7-1-2-10-9(3-7)14-6-13-4-8(14)5-16-10/h1-5H,6H2,(H2,12,15). The number of carbonyl (C=O) groups excluding carboxylic acids is 1. The van der Waals surface area contributed by atoms with Gasteiger partial charge in [0.1, 0.15) is 18.7 Å². The van der Waals surface area contributed by atoms with Crippen LogP contribution in [-0.4, -0.2) is 18.8 Å². The Balaban J connectivity index is 2.10. The highest BCUT2D eigenvalue weighted by molar-refractivity contribution is 5.96. The molecule has 0 aromatic heterocycles. The Morgan fingerprint density at radius 3 is 3.19 bits per heavy atom. The molecular formula is C11H9N3O2. The van der Waals surface area contributed by atoms with Crippen LogP contribution in [0, 0.1) is 0 Å². The first kappa shape index (κ1) is 8.96. The van der Waals surface area contributed by atoms with Crippen LogP contribution in [0.1, 0.15) is 10.4 Å². The molecule has 2 aliphatic heterocycles. The number of anilines is 1. The van der Waals surface area contributed by atoms with Crippen molar-refractivity contribution in [2.45, 2.75) is 0 Å². The normalized spacial score (nSPS) is 16.2. The van der Waals surface area contributed by atoms with Crippen LogP contribution in [0.3, 0.4) is 0 Å². The second kappa shape index (κ2) is 3.10. The number of ether oxygens (including phenoxy) is 1. The molecule has 16 heavy (non-hydrogen) atoms. The van der Waals surface area contributed by atoms with E-state index in [9.17, 15) is 4.79 Å². The zero-order chi connectivity index (χ0) is 11.1. The molecule has 0 radical (unpaired) electrons. The summed E-state index contributed by atoms with van der Waals surface area (Å²) in [5.74, 6) is 0.262. The summed E-state index contributed by atoms with van der Waals surface area (Å²) in [4.78, 5) is 17.2. The second-order valence-electron chi connectivity index (χ2n) is 3.59. The number of hydrogen-bond acceptors (Lipinski definition) is 4. The third kappa shape index (κ3) is 1.18. The van der Waals surface area contributed by atoms with Gasteiger partial charge in [0.05, 0.1) is 17.6 Å². The first-order valence-corrected chi connectivity index (χ1v) is 4.84. The molecule has 2 aliphatic rings. The number of nitrogens with two attached hydrogens (primary N) is 1. The third-order valence-electron chi connectivity index (χ3n) is 2.60. The minimum Gasteiger partial charge on any atom is -0.461 e. The van der Waals surface area contributed by atoms with Crippen LogP contribution < -0.4 is 15.4 Å². The van der Waals surface area contributed by atoms with Crippen molar-refractivity contribution in [2.75, 3.05) is 11.6 Å². The molecule has 0 atom stereocenters. The molecule has 5 heteroatoms. The van der Waals surface area contributed by atoms with Crippen LogP contribution in [0.4, 0.5) is 5.69 Å². The summed E-state index contributed by atoms with van der Waals surface area (Å²) in [7, 11) is 0. The van der Waals surface area contributed by atoms with Gasteiger partial charge in [-0.3, -0.25) is 9.79 Å². The highest BCUT2D eigenvalue weighted by atomic mass is 16.5. The van der Waals surface area contributed by atoms with Gasteiger partial charge in [-0.05, 0) is 18.2 Å². The fraction of sp³-hybridized carbons (Fsp3) is 0.0909. The Bertz CT molecular complexity index is 534. The zero-order valence-electron chi connectivity index (χ0n) is 8.38. The maximum Gasteiger partial charge on any atom is 0.248 e. The number of aliphatic imine (C=N–C) groups is 1. The first-order chi connectivity index (χ1) is 7.75. The van der Waals surface area contributed by atoms with Gasteiger partial charge in [-0.2, -0.15) is 0 Å². The van der Waals surface area contributed by atoms with E-state index in [0.29, 0.717) is 18.0 Å². The number of amides is 1. The highest BCUT2D eigenvalue weighted by Crippen LogP contribution is 2.36. The van der Waals surface area contributed by atoms with E-state index in [1.807, 2.05) is 4.90 Å². The molecule has 1 aromatic rings. The van der Waals surface area contributed by atoms with Crippen LogP contribution in [-0.2, 0) is 0 Å². The largest absolute Gasteiger partial charge is 0.461 e. The van der Waals surface area contributed by atoms with Gasteiger partial charge in [0, 0.05) is 5.56 Å². The molecular weight excluding hydrogens is 206 g/mol. The second-order valence-corrected chi connectivity index (χ2v) is 3.59. The SMILES string of the molecule is NC(=O)c1ccc2c(c1)N1CN=CC1=CO2. The molecule has 0 saturated heterocycles.